The van der Waals surface area contributed by atoms with Crippen molar-refractivity contribution in [1.29, 1.82) is 0 Å². The zero-order chi connectivity index (χ0) is 22.7. The van der Waals surface area contributed by atoms with E-state index in [1.165, 1.54) is 17.7 Å². The minimum absolute atomic E-state index is 0.100. The Labute approximate surface area is 189 Å². The number of nitrogens with zero attached hydrogens (tertiary/aromatic N) is 2. The van der Waals surface area contributed by atoms with Gasteiger partial charge in [0.1, 0.15) is 11.9 Å². The third-order valence-electron chi connectivity index (χ3n) is 6.81. The van der Waals surface area contributed by atoms with Crippen molar-refractivity contribution in [1.82, 2.24) is 15.1 Å². The predicted molar refractivity (Wildman–Crippen MR) is 122 cm³/mol. The molecule has 1 N–H and O–H groups in total. The highest BCUT2D eigenvalue weighted by Crippen LogP contribution is 2.32. The van der Waals surface area contributed by atoms with Gasteiger partial charge in [0.15, 0.2) is 0 Å². The molecule has 0 unspecified atom stereocenters. The number of carbonyl (C=O) groups is 2. The lowest BCUT2D eigenvalue weighted by molar-refractivity contribution is -0.140. The first-order chi connectivity index (χ1) is 15.4. The Morgan fingerprint density at radius 1 is 1.06 bits per heavy atom. The third kappa shape index (κ3) is 5.01. The molecule has 2 heterocycles. The molecule has 1 fully saturated rings. The monoisotopic (exact) mass is 437 g/mol. The van der Waals surface area contributed by atoms with E-state index in [1.54, 1.807) is 12.1 Å². The summed E-state index contributed by atoms with van der Waals surface area (Å²) in [7, 11) is 0. The van der Waals surface area contributed by atoms with Gasteiger partial charge in [-0.2, -0.15) is 0 Å². The Morgan fingerprint density at radius 3 is 2.47 bits per heavy atom. The quantitative estimate of drug-likeness (QED) is 0.773. The van der Waals surface area contributed by atoms with Crippen LogP contribution in [0.4, 0.5) is 4.39 Å². The highest BCUT2D eigenvalue weighted by Gasteiger charge is 2.37. The Kier molecular flexibility index (Phi) is 6.89. The highest BCUT2D eigenvalue weighted by molar-refractivity contribution is 5.86. The number of nitrogens with one attached hydrogen (secondary N) is 1. The van der Waals surface area contributed by atoms with Crippen molar-refractivity contribution >= 4 is 11.8 Å². The molecule has 6 heteroatoms. The summed E-state index contributed by atoms with van der Waals surface area (Å²) in [5.41, 5.74) is 3.05. The minimum Gasteiger partial charge on any atom is -0.348 e. The van der Waals surface area contributed by atoms with E-state index in [1.807, 2.05) is 34.9 Å². The molecule has 4 rings (SSSR count). The summed E-state index contributed by atoms with van der Waals surface area (Å²) >= 11 is 0. The standard InChI is InChI=1S/C26H32FN3O2/c1-18-11-14-29(15-12-18)26(32)25-23-6-4-3-5-21(23)13-16-30(25)17-24(31)28-19(2)20-7-9-22(27)10-8-20/h3-10,18-19,25H,11-17H2,1-2H3,(H,28,31)/t19-,25-/m0/s1. The van der Waals surface area contributed by atoms with Crippen LogP contribution < -0.4 is 5.32 Å². The Balaban J connectivity index is 1.49. The molecule has 0 saturated carbocycles. The van der Waals surface area contributed by atoms with Gasteiger partial charge in [0.2, 0.25) is 11.8 Å². The number of amides is 2. The van der Waals surface area contributed by atoms with Gasteiger partial charge in [-0.15, -0.1) is 0 Å². The fourth-order valence-corrected chi connectivity index (χ4v) is 4.79. The van der Waals surface area contributed by atoms with Gasteiger partial charge in [-0.05, 0) is 60.9 Å². The van der Waals surface area contributed by atoms with E-state index in [4.69, 9.17) is 0 Å². The number of piperidine rings is 1. The number of carbonyl (C=O) groups excluding carboxylic acids is 2. The molecule has 32 heavy (non-hydrogen) atoms. The molecule has 2 aromatic carbocycles. The van der Waals surface area contributed by atoms with Gasteiger partial charge >= 0.3 is 0 Å². The first kappa shape index (κ1) is 22.5. The Bertz CT molecular complexity index is 954. The first-order valence-electron chi connectivity index (χ1n) is 11.6. The highest BCUT2D eigenvalue weighted by atomic mass is 19.1. The van der Waals surface area contributed by atoms with E-state index in [2.05, 4.69) is 18.3 Å². The molecule has 0 radical (unpaired) electrons. The van der Waals surface area contributed by atoms with E-state index < -0.39 is 6.04 Å². The van der Waals surface area contributed by atoms with Gasteiger partial charge < -0.3 is 10.2 Å². The van der Waals surface area contributed by atoms with Crippen molar-refractivity contribution in [2.45, 2.75) is 45.2 Å². The maximum Gasteiger partial charge on any atom is 0.244 e. The molecule has 2 aromatic rings. The second-order valence-corrected chi connectivity index (χ2v) is 9.17. The van der Waals surface area contributed by atoms with Crippen molar-refractivity contribution in [3.8, 4) is 0 Å². The van der Waals surface area contributed by atoms with E-state index in [9.17, 15) is 14.0 Å². The Hall–Kier alpha value is -2.73. The van der Waals surface area contributed by atoms with Crippen LogP contribution in [-0.4, -0.2) is 47.8 Å². The van der Waals surface area contributed by atoms with Crippen LogP contribution in [0.25, 0.3) is 0 Å². The summed E-state index contributed by atoms with van der Waals surface area (Å²) in [4.78, 5) is 30.5. The SMILES string of the molecule is CC1CCN(C(=O)[C@@H]2c3ccccc3CCN2CC(=O)N[C@@H](C)c2ccc(F)cc2)CC1. The maximum atomic E-state index is 13.6. The van der Waals surface area contributed by atoms with Crippen molar-refractivity contribution in [3.05, 3.63) is 71.0 Å². The second-order valence-electron chi connectivity index (χ2n) is 9.17. The van der Waals surface area contributed by atoms with E-state index in [0.717, 1.165) is 43.5 Å². The lowest BCUT2D eigenvalue weighted by Crippen LogP contribution is -2.50. The van der Waals surface area contributed by atoms with Crippen LogP contribution in [0.15, 0.2) is 48.5 Å². The average Bonchev–Trinajstić information content (AvgIpc) is 2.79. The van der Waals surface area contributed by atoms with Gasteiger partial charge in [0, 0.05) is 19.6 Å². The molecule has 0 aromatic heterocycles. The maximum absolute atomic E-state index is 13.6. The van der Waals surface area contributed by atoms with E-state index in [0.29, 0.717) is 12.5 Å². The van der Waals surface area contributed by atoms with Crippen molar-refractivity contribution in [3.63, 3.8) is 0 Å². The van der Waals surface area contributed by atoms with Crippen molar-refractivity contribution < 1.29 is 14.0 Å². The molecule has 170 valence electrons. The molecule has 2 aliphatic heterocycles. The molecular formula is C26H32FN3O2. The molecule has 5 nitrogen and oxygen atoms in total. The molecule has 0 bridgehead atoms. The van der Waals surface area contributed by atoms with Crippen molar-refractivity contribution in [2.75, 3.05) is 26.2 Å². The van der Waals surface area contributed by atoms with Gasteiger partial charge in [-0.25, -0.2) is 4.39 Å². The van der Waals surface area contributed by atoms with Crippen LogP contribution in [0.5, 0.6) is 0 Å². The summed E-state index contributed by atoms with van der Waals surface area (Å²) in [6.07, 6.45) is 2.86. The number of halogens is 1. The summed E-state index contributed by atoms with van der Waals surface area (Å²) < 4.78 is 13.2. The predicted octanol–water partition coefficient (Wildman–Crippen LogP) is 3.86. The lowest BCUT2D eigenvalue weighted by atomic mass is 9.90. The van der Waals surface area contributed by atoms with Crippen molar-refractivity contribution in [2.24, 2.45) is 5.92 Å². The number of rotatable bonds is 5. The molecule has 1 saturated heterocycles. The number of hydrogen-bond donors (Lipinski definition) is 1. The van der Waals surface area contributed by atoms with Gasteiger partial charge in [-0.1, -0.05) is 43.3 Å². The Morgan fingerprint density at radius 2 is 1.75 bits per heavy atom. The fraction of sp³-hybridized carbons (Fsp3) is 0.462. The molecule has 0 spiro atoms. The summed E-state index contributed by atoms with van der Waals surface area (Å²) in [5.74, 6) is 0.315. The minimum atomic E-state index is -0.430. The van der Waals surface area contributed by atoms with Crippen LogP contribution in [0.3, 0.4) is 0 Å². The fourth-order valence-electron chi connectivity index (χ4n) is 4.79. The van der Waals surface area contributed by atoms with Gasteiger partial charge in [0.25, 0.3) is 0 Å². The van der Waals surface area contributed by atoms with Crippen LogP contribution in [-0.2, 0) is 16.0 Å². The number of benzene rings is 2. The largest absolute Gasteiger partial charge is 0.348 e. The molecule has 2 amide bonds. The van der Waals surface area contributed by atoms with Crippen LogP contribution in [0.1, 0.15) is 55.5 Å². The molecular weight excluding hydrogens is 405 g/mol. The van der Waals surface area contributed by atoms with Crippen LogP contribution in [0, 0.1) is 11.7 Å². The van der Waals surface area contributed by atoms with Crippen LogP contribution >= 0.6 is 0 Å². The average molecular weight is 438 g/mol. The van der Waals surface area contributed by atoms with Crippen LogP contribution in [0.2, 0.25) is 0 Å². The molecule has 2 atom stereocenters. The summed E-state index contributed by atoms with van der Waals surface area (Å²) in [6, 6.07) is 13.6. The third-order valence-corrected chi connectivity index (χ3v) is 6.81. The molecule has 2 aliphatic rings. The molecule has 0 aliphatic carbocycles. The summed E-state index contributed by atoms with van der Waals surface area (Å²) in [5, 5.41) is 3.00. The normalized spacial score (nSPS) is 20.5. The second kappa shape index (κ2) is 9.82. The smallest absolute Gasteiger partial charge is 0.244 e. The topological polar surface area (TPSA) is 52.7 Å². The zero-order valence-corrected chi connectivity index (χ0v) is 18.9. The number of fused-ring (bicyclic) bond motifs is 1. The van der Waals surface area contributed by atoms with E-state index in [-0.39, 0.29) is 30.2 Å². The first-order valence-corrected chi connectivity index (χ1v) is 11.6. The number of likely N-dealkylation sites (tertiary alicyclic amines) is 1. The van der Waals surface area contributed by atoms with Gasteiger partial charge in [-0.3, -0.25) is 14.5 Å². The van der Waals surface area contributed by atoms with E-state index >= 15 is 0 Å². The van der Waals surface area contributed by atoms with Gasteiger partial charge in [0.05, 0.1) is 12.6 Å². The zero-order valence-electron chi connectivity index (χ0n) is 18.9. The number of hydrogen-bond acceptors (Lipinski definition) is 3. The lowest BCUT2D eigenvalue weighted by Gasteiger charge is -2.40. The summed E-state index contributed by atoms with van der Waals surface area (Å²) in [6.45, 7) is 6.49.